The number of halogens is 2. The Labute approximate surface area is 212 Å². The molecule has 36 heavy (non-hydrogen) atoms. The summed E-state index contributed by atoms with van der Waals surface area (Å²) in [5.74, 6) is -0.0138. The van der Waals surface area contributed by atoms with E-state index in [-0.39, 0.29) is 5.02 Å². The normalized spacial score (nSPS) is 11.0. The van der Waals surface area contributed by atoms with Gasteiger partial charge < -0.3 is 15.4 Å². The average molecular weight is 507 g/mol. The van der Waals surface area contributed by atoms with Crippen molar-refractivity contribution in [2.45, 2.75) is 13.5 Å². The van der Waals surface area contributed by atoms with E-state index >= 15 is 0 Å². The van der Waals surface area contributed by atoms with Crippen LogP contribution >= 0.6 is 11.6 Å². The summed E-state index contributed by atoms with van der Waals surface area (Å²) in [5, 5.41) is 10.6. The predicted octanol–water partition coefficient (Wildman–Crippen LogP) is 5.60. The number of esters is 1. The van der Waals surface area contributed by atoms with Crippen LogP contribution in [0.15, 0.2) is 67.1 Å². The van der Waals surface area contributed by atoms with Gasteiger partial charge in [-0.1, -0.05) is 29.8 Å². The van der Waals surface area contributed by atoms with Crippen molar-refractivity contribution in [3.63, 3.8) is 0 Å². The molecular weight excluding hydrogens is 483 g/mol. The Bertz CT molecular complexity index is 1400. The number of hydrogen-bond donors (Lipinski definition) is 2. The molecular formula is C26H24ClFN6O2. The van der Waals surface area contributed by atoms with Crippen LogP contribution in [0, 0.1) is 5.82 Å². The van der Waals surface area contributed by atoms with Crippen molar-refractivity contribution in [3.8, 4) is 11.1 Å². The highest BCUT2D eigenvalue weighted by atomic mass is 35.5. The molecule has 10 heteroatoms. The summed E-state index contributed by atoms with van der Waals surface area (Å²) in [7, 11) is 1.85. The van der Waals surface area contributed by atoms with Crippen molar-refractivity contribution < 1.29 is 13.9 Å². The Kier molecular flexibility index (Phi) is 7.92. The van der Waals surface area contributed by atoms with Gasteiger partial charge >= 0.3 is 5.97 Å². The minimum atomic E-state index is -0.505. The third-order valence-corrected chi connectivity index (χ3v) is 5.37. The molecule has 184 valence electrons. The van der Waals surface area contributed by atoms with Crippen LogP contribution in [0.3, 0.4) is 0 Å². The van der Waals surface area contributed by atoms with Gasteiger partial charge in [0.05, 0.1) is 17.8 Å². The molecule has 0 spiro atoms. The minimum Gasteiger partial charge on any atom is -0.463 e. The van der Waals surface area contributed by atoms with Gasteiger partial charge in [-0.2, -0.15) is 10.1 Å². The van der Waals surface area contributed by atoms with Crippen molar-refractivity contribution in [1.29, 1.82) is 0 Å². The molecule has 4 rings (SSSR count). The van der Waals surface area contributed by atoms with Crippen LogP contribution in [-0.2, 0) is 23.1 Å². The highest BCUT2D eigenvalue weighted by molar-refractivity contribution is 6.31. The summed E-state index contributed by atoms with van der Waals surface area (Å²) in [6, 6.07) is 11.9. The van der Waals surface area contributed by atoms with Gasteiger partial charge in [-0.25, -0.2) is 14.2 Å². The molecule has 0 unspecified atom stereocenters. The van der Waals surface area contributed by atoms with Gasteiger partial charge in [-0.15, -0.1) is 0 Å². The quantitative estimate of drug-likeness (QED) is 0.225. The van der Waals surface area contributed by atoms with Gasteiger partial charge in [0.25, 0.3) is 0 Å². The Hall–Kier alpha value is -4.24. The maximum atomic E-state index is 13.5. The first-order valence-corrected chi connectivity index (χ1v) is 11.5. The zero-order chi connectivity index (χ0) is 25.5. The maximum Gasteiger partial charge on any atom is 0.330 e. The van der Waals surface area contributed by atoms with E-state index in [0.29, 0.717) is 30.6 Å². The van der Waals surface area contributed by atoms with Crippen molar-refractivity contribution in [1.82, 2.24) is 19.7 Å². The molecule has 0 atom stereocenters. The average Bonchev–Trinajstić information content (AvgIpc) is 3.29. The van der Waals surface area contributed by atoms with Crippen molar-refractivity contribution in [3.05, 3.63) is 89.1 Å². The number of rotatable bonds is 9. The fourth-order valence-corrected chi connectivity index (χ4v) is 3.59. The number of anilines is 3. The molecule has 4 aromatic rings. The lowest BCUT2D eigenvalue weighted by Crippen LogP contribution is -2.06. The maximum absolute atomic E-state index is 13.5. The van der Waals surface area contributed by atoms with Crippen LogP contribution in [0.1, 0.15) is 18.1 Å². The van der Waals surface area contributed by atoms with E-state index in [1.165, 1.54) is 18.2 Å². The first-order valence-electron chi connectivity index (χ1n) is 11.2. The van der Waals surface area contributed by atoms with Gasteiger partial charge in [-0.3, -0.25) is 4.68 Å². The highest BCUT2D eigenvalue weighted by Crippen LogP contribution is 2.29. The van der Waals surface area contributed by atoms with E-state index in [9.17, 15) is 9.18 Å². The first-order chi connectivity index (χ1) is 17.4. The Balaban J connectivity index is 1.64. The number of ether oxygens (including phenoxy) is 1. The third kappa shape index (κ3) is 6.45. The topological polar surface area (TPSA) is 94.0 Å². The van der Waals surface area contributed by atoms with Crippen LogP contribution < -0.4 is 10.6 Å². The number of aromatic nitrogens is 4. The monoisotopic (exact) mass is 506 g/mol. The second-order valence-corrected chi connectivity index (χ2v) is 8.20. The minimum absolute atomic E-state index is 0.000709. The number of nitrogens with zero attached hydrogens (tertiary/aromatic N) is 4. The number of carbonyl (C=O) groups excluding carboxylic acids is 1. The largest absolute Gasteiger partial charge is 0.463 e. The van der Waals surface area contributed by atoms with E-state index in [2.05, 4.69) is 25.7 Å². The molecule has 0 saturated heterocycles. The molecule has 0 saturated carbocycles. The van der Waals surface area contributed by atoms with Crippen molar-refractivity contribution in [2.75, 3.05) is 17.2 Å². The summed E-state index contributed by atoms with van der Waals surface area (Å²) < 4.78 is 20.2. The summed E-state index contributed by atoms with van der Waals surface area (Å²) in [6.07, 6.45) is 8.46. The lowest BCUT2D eigenvalue weighted by molar-refractivity contribution is -0.137. The standard InChI is InChI=1S/C26H24ClFN6O2/c1-3-36-24(35)10-7-17-5-4-6-19(11-17)21-15-30-26(32-20-8-9-23(28)22(27)12-20)33-25(21)29-13-18-14-31-34(2)16-18/h4-12,14-16H,3,13H2,1-2H3,(H2,29,30,32,33)/b10-7+. The van der Waals surface area contributed by atoms with E-state index in [0.717, 1.165) is 22.3 Å². The lowest BCUT2D eigenvalue weighted by atomic mass is 10.0. The summed E-state index contributed by atoms with van der Waals surface area (Å²) in [4.78, 5) is 20.8. The zero-order valence-corrected chi connectivity index (χ0v) is 20.5. The first kappa shape index (κ1) is 24.9. The van der Waals surface area contributed by atoms with E-state index in [4.69, 9.17) is 16.3 Å². The highest BCUT2D eigenvalue weighted by Gasteiger charge is 2.12. The molecule has 0 bridgehead atoms. The van der Waals surface area contributed by atoms with Gasteiger partial charge in [0.1, 0.15) is 11.6 Å². The molecule has 0 aliphatic carbocycles. The van der Waals surface area contributed by atoms with Crippen LogP contribution in [0.2, 0.25) is 5.02 Å². The smallest absolute Gasteiger partial charge is 0.330 e. The molecule has 2 aromatic carbocycles. The molecule has 0 radical (unpaired) electrons. The number of benzene rings is 2. The Morgan fingerprint density at radius 1 is 1.22 bits per heavy atom. The number of hydrogen-bond acceptors (Lipinski definition) is 7. The van der Waals surface area contributed by atoms with Gasteiger partial charge in [0, 0.05) is 48.9 Å². The molecule has 2 heterocycles. The van der Waals surface area contributed by atoms with Gasteiger partial charge in [0.2, 0.25) is 5.95 Å². The SMILES string of the molecule is CCOC(=O)/C=C/c1cccc(-c2cnc(Nc3ccc(F)c(Cl)c3)nc2NCc2cnn(C)c2)c1. The molecule has 0 aliphatic rings. The second-order valence-electron chi connectivity index (χ2n) is 7.80. The molecule has 8 nitrogen and oxygen atoms in total. The zero-order valence-electron chi connectivity index (χ0n) is 19.7. The van der Waals surface area contributed by atoms with Gasteiger partial charge in [-0.05, 0) is 48.4 Å². The second kappa shape index (κ2) is 11.5. The van der Waals surface area contributed by atoms with E-state index in [1.54, 1.807) is 36.1 Å². The lowest BCUT2D eigenvalue weighted by Gasteiger charge is -2.13. The van der Waals surface area contributed by atoms with E-state index < -0.39 is 11.8 Å². The van der Waals surface area contributed by atoms with Crippen molar-refractivity contribution >= 4 is 41.1 Å². The molecule has 0 amide bonds. The predicted molar refractivity (Wildman–Crippen MR) is 138 cm³/mol. The summed E-state index contributed by atoms with van der Waals surface area (Å²) in [5.41, 5.74) is 3.97. The van der Waals surface area contributed by atoms with Crippen LogP contribution in [-0.4, -0.2) is 32.3 Å². The summed E-state index contributed by atoms with van der Waals surface area (Å²) >= 11 is 5.90. The third-order valence-electron chi connectivity index (χ3n) is 5.08. The van der Waals surface area contributed by atoms with Crippen molar-refractivity contribution in [2.24, 2.45) is 7.05 Å². The van der Waals surface area contributed by atoms with Crippen LogP contribution in [0.25, 0.3) is 17.2 Å². The molecule has 0 fully saturated rings. The molecule has 2 N–H and O–H groups in total. The number of nitrogens with one attached hydrogen (secondary N) is 2. The van der Waals surface area contributed by atoms with Crippen LogP contribution in [0.4, 0.5) is 21.8 Å². The molecule has 0 aliphatic heterocycles. The van der Waals surface area contributed by atoms with Gasteiger partial charge in [0.15, 0.2) is 0 Å². The van der Waals surface area contributed by atoms with Crippen LogP contribution in [0.5, 0.6) is 0 Å². The number of aryl methyl sites for hydroxylation is 1. The van der Waals surface area contributed by atoms with E-state index in [1.807, 2.05) is 37.5 Å². The summed E-state index contributed by atoms with van der Waals surface area (Å²) in [6.45, 7) is 2.56. The fourth-order valence-electron chi connectivity index (χ4n) is 3.40. The Morgan fingerprint density at radius 2 is 2.08 bits per heavy atom. The Morgan fingerprint density at radius 3 is 2.83 bits per heavy atom. The fraction of sp³-hybridized carbons (Fsp3) is 0.154. The number of carbonyl (C=O) groups is 1. The molecule has 2 aromatic heterocycles.